The van der Waals surface area contributed by atoms with Crippen molar-refractivity contribution in [2.24, 2.45) is 0 Å². The van der Waals surface area contributed by atoms with Gasteiger partial charge < -0.3 is 19.2 Å². The normalized spacial score (nSPS) is 12.0. The largest absolute Gasteiger partial charge is 0.380 e. The molecule has 0 aliphatic rings. The van der Waals surface area contributed by atoms with E-state index in [1.807, 2.05) is 0 Å². The Hall–Kier alpha value is -1.23. The molecule has 0 heterocycles. The maximum Gasteiger partial charge on any atom is 0.272 e. The number of benzene rings is 1. The molecule has 0 aliphatic carbocycles. The van der Waals surface area contributed by atoms with Gasteiger partial charge >= 0.3 is 0 Å². The molecule has 144 valence electrons. The van der Waals surface area contributed by atoms with Gasteiger partial charge in [-0.15, -0.1) is 0 Å². The number of anilines is 1. The number of rotatable bonds is 11. The third-order valence-corrected chi connectivity index (χ3v) is 4.08. The molecule has 0 radical (unpaired) electrons. The molecule has 0 atom stereocenters. The van der Waals surface area contributed by atoms with Gasteiger partial charge in [-0.2, -0.15) is 0 Å². The summed E-state index contributed by atoms with van der Waals surface area (Å²) in [6.07, 6.45) is 1.24. The lowest BCUT2D eigenvalue weighted by atomic mass is 10.2. The first-order valence-electron chi connectivity index (χ1n) is 7.91. The van der Waals surface area contributed by atoms with Gasteiger partial charge in [-0.05, 0) is 26.7 Å². The van der Waals surface area contributed by atoms with Gasteiger partial charge in [0.1, 0.15) is 5.69 Å². The molecule has 10 heteroatoms. The highest BCUT2D eigenvalue weighted by molar-refractivity contribution is 5.98. The van der Waals surface area contributed by atoms with E-state index in [4.69, 9.17) is 13.9 Å². The molecule has 1 N–H and O–H groups in total. The number of nitrogens with one attached hydrogen (secondary N) is 1. The predicted octanol–water partition coefficient (Wildman–Crippen LogP) is 2.99. The minimum atomic E-state index is -2.18. The molecular weight excluding hydrogens is 365 g/mol. The van der Waals surface area contributed by atoms with Gasteiger partial charge in [0.25, 0.3) is 5.97 Å². The second-order valence-electron chi connectivity index (χ2n) is 5.08. The lowest BCUT2D eigenvalue weighted by Gasteiger charge is -2.31. The van der Waals surface area contributed by atoms with Gasteiger partial charge in [0, 0.05) is 26.2 Å². The Kier molecular flexibility index (Phi) is 8.76. The molecule has 25 heavy (non-hydrogen) atoms. The van der Waals surface area contributed by atoms with Gasteiger partial charge in [0.2, 0.25) is 5.82 Å². The summed E-state index contributed by atoms with van der Waals surface area (Å²) >= 11 is 0. The Balaban J connectivity index is 2.62. The Labute approximate surface area is 146 Å². The topological polar surface area (TPSA) is 39.7 Å². The van der Waals surface area contributed by atoms with Crippen molar-refractivity contribution in [2.45, 2.75) is 39.1 Å². The maximum atomic E-state index is 13.5. The SMILES string of the molecule is CCOC(CCCCNc1c(F)c(F)c(F)c(F)c1F)(O[SiH3])OCC. The Bertz CT molecular complexity index is 542. The molecule has 0 spiro atoms. The van der Waals surface area contributed by atoms with Crippen LogP contribution in [0.4, 0.5) is 27.6 Å². The van der Waals surface area contributed by atoms with E-state index in [1.54, 1.807) is 13.8 Å². The van der Waals surface area contributed by atoms with Crippen molar-refractivity contribution >= 4 is 16.2 Å². The smallest absolute Gasteiger partial charge is 0.272 e. The number of halogens is 5. The summed E-state index contributed by atoms with van der Waals surface area (Å²) in [7, 11) is 0.384. The van der Waals surface area contributed by atoms with Crippen LogP contribution in [0.3, 0.4) is 0 Å². The first kappa shape index (κ1) is 21.8. The molecular formula is C15H22F5NO3Si. The van der Waals surface area contributed by atoms with Crippen LogP contribution in [0.15, 0.2) is 0 Å². The highest BCUT2D eigenvalue weighted by atomic mass is 28.2. The lowest BCUT2D eigenvalue weighted by molar-refractivity contribution is -0.343. The molecule has 1 aromatic rings. The molecule has 0 fully saturated rings. The number of unbranched alkanes of at least 4 members (excludes halogenated alkanes) is 1. The minimum absolute atomic E-state index is 0.00776. The fourth-order valence-electron chi connectivity index (χ4n) is 2.29. The van der Waals surface area contributed by atoms with Gasteiger partial charge in [-0.1, -0.05) is 0 Å². The van der Waals surface area contributed by atoms with E-state index < -0.39 is 40.7 Å². The van der Waals surface area contributed by atoms with E-state index >= 15 is 0 Å². The Morgan fingerprint density at radius 3 is 1.76 bits per heavy atom. The van der Waals surface area contributed by atoms with Crippen molar-refractivity contribution in [1.82, 2.24) is 0 Å². The average molecular weight is 387 g/mol. The molecule has 4 nitrogen and oxygen atoms in total. The fourth-order valence-corrected chi connectivity index (χ4v) is 2.73. The summed E-state index contributed by atoms with van der Waals surface area (Å²) in [5.41, 5.74) is -1.03. The van der Waals surface area contributed by atoms with Crippen LogP contribution in [0.5, 0.6) is 0 Å². The van der Waals surface area contributed by atoms with E-state index in [2.05, 4.69) is 5.32 Å². The molecule has 1 rings (SSSR count). The lowest BCUT2D eigenvalue weighted by Crippen LogP contribution is -2.38. The van der Waals surface area contributed by atoms with Crippen molar-refractivity contribution in [3.8, 4) is 0 Å². The van der Waals surface area contributed by atoms with Crippen LogP contribution in [0.1, 0.15) is 33.1 Å². The predicted molar refractivity (Wildman–Crippen MR) is 85.6 cm³/mol. The van der Waals surface area contributed by atoms with E-state index in [1.165, 1.54) is 0 Å². The second kappa shape index (κ2) is 10.0. The number of ether oxygens (including phenoxy) is 2. The average Bonchev–Trinajstić information content (AvgIpc) is 2.60. The van der Waals surface area contributed by atoms with Crippen LogP contribution in [-0.2, 0) is 13.9 Å². The van der Waals surface area contributed by atoms with Crippen LogP contribution in [0, 0.1) is 29.1 Å². The van der Waals surface area contributed by atoms with Crippen molar-refractivity contribution in [3.05, 3.63) is 29.1 Å². The van der Waals surface area contributed by atoms with Crippen molar-refractivity contribution in [3.63, 3.8) is 0 Å². The molecule has 0 bridgehead atoms. The zero-order chi connectivity index (χ0) is 19.0. The molecule has 1 aromatic carbocycles. The van der Waals surface area contributed by atoms with Crippen molar-refractivity contribution in [1.29, 1.82) is 0 Å². The van der Waals surface area contributed by atoms with E-state index in [9.17, 15) is 22.0 Å². The van der Waals surface area contributed by atoms with E-state index in [0.717, 1.165) is 0 Å². The quantitative estimate of drug-likeness (QED) is 0.158. The summed E-state index contributed by atoms with van der Waals surface area (Å²) in [4.78, 5) is 0. The van der Waals surface area contributed by atoms with Crippen LogP contribution in [0.2, 0.25) is 0 Å². The van der Waals surface area contributed by atoms with Crippen LogP contribution >= 0.6 is 0 Å². The molecule has 0 aromatic heterocycles. The summed E-state index contributed by atoms with van der Waals surface area (Å²) in [5, 5.41) is 2.25. The van der Waals surface area contributed by atoms with E-state index in [0.29, 0.717) is 43.0 Å². The monoisotopic (exact) mass is 387 g/mol. The van der Waals surface area contributed by atoms with E-state index in [-0.39, 0.29) is 6.54 Å². The van der Waals surface area contributed by atoms with Gasteiger partial charge in [-0.25, -0.2) is 22.0 Å². The highest BCUT2D eigenvalue weighted by Gasteiger charge is 2.30. The fraction of sp³-hybridized carbons (Fsp3) is 0.600. The first-order valence-corrected chi connectivity index (χ1v) is 8.73. The highest BCUT2D eigenvalue weighted by Crippen LogP contribution is 2.27. The summed E-state index contributed by atoms with van der Waals surface area (Å²) in [5.74, 6) is -11.0. The molecule has 0 aliphatic heterocycles. The first-order chi connectivity index (χ1) is 11.8. The van der Waals surface area contributed by atoms with Crippen LogP contribution < -0.4 is 5.32 Å². The standard InChI is InChI=1S/C15H22F5NO3Si/c1-3-22-15(24-25,23-4-2)7-5-6-8-21-14-12(19)10(17)9(16)11(18)13(14)20/h21H,3-8H2,1-2,25H3. The third-order valence-electron chi connectivity index (χ3n) is 3.46. The number of hydrogen-bond acceptors (Lipinski definition) is 4. The van der Waals surface area contributed by atoms with Crippen molar-refractivity contribution < 1.29 is 35.9 Å². The minimum Gasteiger partial charge on any atom is -0.380 e. The summed E-state index contributed by atoms with van der Waals surface area (Å²) in [6.45, 7) is 4.35. The zero-order valence-electron chi connectivity index (χ0n) is 14.4. The summed E-state index contributed by atoms with van der Waals surface area (Å²) in [6, 6.07) is 0. The van der Waals surface area contributed by atoms with Crippen LogP contribution in [0.25, 0.3) is 0 Å². The third kappa shape index (κ3) is 5.37. The Morgan fingerprint density at radius 2 is 1.32 bits per heavy atom. The van der Waals surface area contributed by atoms with Gasteiger partial charge in [0.15, 0.2) is 33.8 Å². The summed E-state index contributed by atoms with van der Waals surface area (Å²) < 4.78 is 82.5. The van der Waals surface area contributed by atoms with Crippen LogP contribution in [-0.4, -0.2) is 36.2 Å². The number of hydrogen-bond donors (Lipinski definition) is 1. The van der Waals surface area contributed by atoms with Gasteiger partial charge in [-0.3, -0.25) is 0 Å². The van der Waals surface area contributed by atoms with Crippen molar-refractivity contribution in [2.75, 3.05) is 25.1 Å². The molecule has 0 unspecified atom stereocenters. The second-order valence-corrected chi connectivity index (χ2v) is 5.49. The molecule has 0 saturated heterocycles. The molecule has 0 amide bonds. The Morgan fingerprint density at radius 1 is 0.840 bits per heavy atom. The molecule has 0 saturated carbocycles. The zero-order valence-corrected chi connectivity index (χ0v) is 16.4. The van der Waals surface area contributed by atoms with Gasteiger partial charge in [0.05, 0.1) is 0 Å². The maximum absolute atomic E-state index is 13.5.